The highest BCUT2D eigenvalue weighted by molar-refractivity contribution is 6.30. The molecule has 19 heavy (non-hydrogen) atoms. The monoisotopic (exact) mass is 283 g/mol. The Bertz CT molecular complexity index is 440. The molecular weight excluding hydrogens is 262 g/mol. The van der Waals surface area contributed by atoms with E-state index in [2.05, 4.69) is 28.7 Å². The average molecular weight is 284 g/mol. The largest absolute Gasteiger partial charge is 0.391 e. The highest BCUT2D eigenvalue weighted by Crippen LogP contribution is 2.38. The van der Waals surface area contributed by atoms with Crippen molar-refractivity contribution < 1.29 is 5.11 Å². The first-order valence-electron chi connectivity index (χ1n) is 6.77. The maximum atomic E-state index is 9.44. The maximum absolute atomic E-state index is 9.44. The van der Waals surface area contributed by atoms with E-state index in [0.717, 1.165) is 18.7 Å². The Balaban J connectivity index is 2.16. The molecule has 1 aromatic rings. The van der Waals surface area contributed by atoms with E-state index in [9.17, 15) is 5.11 Å². The molecule has 1 saturated carbocycles. The molecule has 0 radical (unpaired) electrons. The van der Waals surface area contributed by atoms with Gasteiger partial charge in [-0.3, -0.25) is 0 Å². The molecule has 106 valence electrons. The molecule has 4 nitrogen and oxygen atoms in total. The number of aliphatic hydroxyl groups is 1. The van der Waals surface area contributed by atoms with E-state index in [4.69, 9.17) is 11.6 Å². The molecule has 0 atom stereocenters. The standard InChI is InChI=1S/C14H22ClN3O/c1-14(2)6-4-10(5-7-14)18(3)13-11(8-19)12(15)16-9-17-13/h9-10,19H,4-8H2,1-3H3. The maximum Gasteiger partial charge on any atom is 0.140 e. The summed E-state index contributed by atoms with van der Waals surface area (Å²) < 4.78 is 0. The third-order valence-electron chi connectivity index (χ3n) is 4.22. The van der Waals surface area contributed by atoms with Crippen LogP contribution in [0.3, 0.4) is 0 Å². The van der Waals surface area contributed by atoms with E-state index in [1.807, 2.05) is 7.05 Å². The molecule has 0 aromatic carbocycles. The van der Waals surface area contributed by atoms with Gasteiger partial charge in [-0.15, -0.1) is 0 Å². The lowest BCUT2D eigenvalue weighted by molar-refractivity contribution is 0.221. The Labute approximate surface area is 119 Å². The average Bonchev–Trinajstić information content (AvgIpc) is 2.37. The smallest absolute Gasteiger partial charge is 0.140 e. The number of nitrogens with zero attached hydrogens (tertiary/aromatic N) is 3. The van der Waals surface area contributed by atoms with Gasteiger partial charge in [0, 0.05) is 13.1 Å². The molecule has 1 aliphatic carbocycles. The van der Waals surface area contributed by atoms with Crippen LogP contribution in [-0.4, -0.2) is 28.2 Å². The second-order valence-electron chi connectivity index (χ2n) is 6.13. The van der Waals surface area contributed by atoms with Crippen LogP contribution in [0.4, 0.5) is 5.82 Å². The number of aliphatic hydroxyl groups excluding tert-OH is 1. The quantitative estimate of drug-likeness (QED) is 0.867. The third kappa shape index (κ3) is 3.18. The molecule has 0 spiro atoms. The predicted octanol–water partition coefficient (Wildman–Crippen LogP) is 3.03. The molecular formula is C14H22ClN3O. The number of rotatable bonds is 3. The van der Waals surface area contributed by atoms with E-state index < -0.39 is 0 Å². The molecule has 5 heteroatoms. The molecule has 1 aliphatic rings. The zero-order valence-corrected chi connectivity index (χ0v) is 12.6. The van der Waals surface area contributed by atoms with Crippen LogP contribution < -0.4 is 4.90 Å². The minimum atomic E-state index is -0.127. The number of aromatic nitrogens is 2. The fourth-order valence-electron chi connectivity index (χ4n) is 2.77. The molecule has 0 saturated heterocycles. The van der Waals surface area contributed by atoms with Crippen molar-refractivity contribution in [2.75, 3.05) is 11.9 Å². The van der Waals surface area contributed by atoms with Crippen LogP contribution in [-0.2, 0) is 6.61 Å². The Morgan fingerprint density at radius 3 is 2.58 bits per heavy atom. The fraction of sp³-hybridized carbons (Fsp3) is 0.714. The van der Waals surface area contributed by atoms with Gasteiger partial charge >= 0.3 is 0 Å². The van der Waals surface area contributed by atoms with Crippen LogP contribution in [0, 0.1) is 5.41 Å². The third-order valence-corrected chi connectivity index (χ3v) is 4.54. The van der Waals surface area contributed by atoms with Gasteiger partial charge in [0.05, 0.1) is 12.2 Å². The van der Waals surface area contributed by atoms with Gasteiger partial charge in [0.25, 0.3) is 0 Å². The Hall–Kier alpha value is -0.870. The van der Waals surface area contributed by atoms with Gasteiger partial charge in [-0.1, -0.05) is 25.4 Å². The molecule has 1 aromatic heterocycles. The Kier molecular flexibility index (Phi) is 4.31. The van der Waals surface area contributed by atoms with Crippen molar-refractivity contribution in [3.8, 4) is 0 Å². The summed E-state index contributed by atoms with van der Waals surface area (Å²) in [6.45, 7) is 4.52. The van der Waals surface area contributed by atoms with Gasteiger partial charge in [-0.25, -0.2) is 9.97 Å². The summed E-state index contributed by atoms with van der Waals surface area (Å²) in [5.41, 5.74) is 1.07. The summed E-state index contributed by atoms with van der Waals surface area (Å²) in [7, 11) is 2.03. The van der Waals surface area contributed by atoms with Gasteiger partial charge in [0.15, 0.2) is 0 Å². The number of hydrogen-bond donors (Lipinski definition) is 1. The lowest BCUT2D eigenvalue weighted by Gasteiger charge is -2.39. The summed E-state index contributed by atoms with van der Waals surface area (Å²) in [5, 5.41) is 9.78. The van der Waals surface area contributed by atoms with Gasteiger partial charge in [-0.05, 0) is 31.1 Å². The van der Waals surface area contributed by atoms with Crippen LogP contribution in [0.2, 0.25) is 5.15 Å². The van der Waals surface area contributed by atoms with Gasteiger partial charge in [0.2, 0.25) is 0 Å². The second-order valence-corrected chi connectivity index (χ2v) is 6.49. The van der Waals surface area contributed by atoms with Crippen molar-refractivity contribution in [1.29, 1.82) is 0 Å². The zero-order chi connectivity index (χ0) is 14.0. The summed E-state index contributed by atoms with van der Waals surface area (Å²) >= 11 is 6.02. The molecule has 0 amide bonds. The lowest BCUT2D eigenvalue weighted by atomic mass is 9.75. The number of anilines is 1. The molecule has 2 rings (SSSR count). The van der Waals surface area contributed by atoms with Crippen LogP contribution in [0.5, 0.6) is 0 Å². The Morgan fingerprint density at radius 2 is 2.00 bits per heavy atom. The van der Waals surface area contributed by atoms with Crippen molar-refractivity contribution in [1.82, 2.24) is 9.97 Å². The van der Waals surface area contributed by atoms with Crippen LogP contribution >= 0.6 is 11.6 Å². The first-order chi connectivity index (χ1) is 8.94. The van der Waals surface area contributed by atoms with E-state index in [0.29, 0.717) is 22.2 Å². The van der Waals surface area contributed by atoms with E-state index in [1.165, 1.54) is 19.2 Å². The molecule has 0 unspecified atom stereocenters. The lowest BCUT2D eigenvalue weighted by Crippen LogP contribution is -2.38. The van der Waals surface area contributed by atoms with E-state index in [1.54, 1.807) is 0 Å². The van der Waals surface area contributed by atoms with E-state index in [-0.39, 0.29) is 6.61 Å². The van der Waals surface area contributed by atoms with Crippen LogP contribution in [0.25, 0.3) is 0 Å². The SMILES string of the molecule is CN(c1ncnc(Cl)c1CO)C1CCC(C)(C)CC1. The Morgan fingerprint density at radius 1 is 1.37 bits per heavy atom. The van der Waals surface area contributed by atoms with Crippen LogP contribution in [0.1, 0.15) is 45.1 Å². The summed E-state index contributed by atoms with van der Waals surface area (Å²) in [6.07, 6.45) is 6.19. The first kappa shape index (κ1) is 14.5. The molecule has 0 bridgehead atoms. The number of hydrogen-bond acceptors (Lipinski definition) is 4. The molecule has 1 heterocycles. The van der Waals surface area contributed by atoms with Crippen molar-refractivity contribution in [3.63, 3.8) is 0 Å². The summed E-state index contributed by atoms with van der Waals surface area (Å²) in [4.78, 5) is 10.4. The predicted molar refractivity (Wildman–Crippen MR) is 77.4 cm³/mol. The fourth-order valence-corrected chi connectivity index (χ4v) is 2.95. The van der Waals surface area contributed by atoms with Crippen LogP contribution in [0.15, 0.2) is 6.33 Å². The minimum absolute atomic E-state index is 0.127. The second kappa shape index (κ2) is 5.63. The van der Waals surface area contributed by atoms with Gasteiger partial charge < -0.3 is 10.0 Å². The van der Waals surface area contributed by atoms with Gasteiger partial charge in [-0.2, -0.15) is 0 Å². The summed E-state index contributed by atoms with van der Waals surface area (Å²) in [5.74, 6) is 0.757. The minimum Gasteiger partial charge on any atom is -0.391 e. The zero-order valence-electron chi connectivity index (χ0n) is 11.9. The van der Waals surface area contributed by atoms with Crippen molar-refractivity contribution in [3.05, 3.63) is 17.0 Å². The highest BCUT2D eigenvalue weighted by atomic mass is 35.5. The van der Waals surface area contributed by atoms with Crippen molar-refractivity contribution >= 4 is 17.4 Å². The first-order valence-corrected chi connectivity index (χ1v) is 7.15. The van der Waals surface area contributed by atoms with Crippen molar-refractivity contribution in [2.24, 2.45) is 5.41 Å². The topological polar surface area (TPSA) is 49.2 Å². The molecule has 0 aliphatic heterocycles. The molecule has 1 N–H and O–H groups in total. The van der Waals surface area contributed by atoms with E-state index >= 15 is 0 Å². The van der Waals surface area contributed by atoms with Gasteiger partial charge in [0.1, 0.15) is 17.3 Å². The number of halogens is 1. The molecule has 1 fully saturated rings. The normalized spacial score (nSPS) is 19.4. The highest BCUT2D eigenvalue weighted by Gasteiger charge is 2.30. The summed E-state index contributed by atoms with van der Waals surface area (Å²) in [6, 6.07) is 0.462. The van der Waals surface area contributed by atoms with Crippen molar-refractivity contribution in [2.45, 2.75) is 52.2 Å².